The summed E-state index contributed by atoms with van der Waals surface area (Å²) in [5, 5.41) is 8.78. The lowest BCUT2D eigenvalue weighted by Gasteiger charge is -2.14. The summed E-state index contributed by atoms with van der Waals surface area (Å²) < 4.78 is 25.6. The summed E-state index contributed by atoms with van der Waals surface area (Å²) in [6.07, 6.45) is 2.82. The number of aliphatic hydroxyl groups excluding tert-OH is 1. The number of rotatable bonds is 10. The summed E-state index contributed by atoms with van der Waals surface area (Å²) in [6.45, 7) is 2.51. The molecule has 0 rings (SSSR count). The molecule has 0 radical (unpaired) electrons. The smallest absolute Gasteiger partial charge is 0.211 e. The van der Waals surface area contributed by atoms with E-state index in [1.54, 1.807) is 0 Å². The van der Waals surface area contributed by atoms with Crippen molar-refractivity contribution >= 4 is 21.6 Å². The Balaban J connectivity index is 3.87. The van der Waals surface area contributed by atoms with Gasteiger partial charge in [-0.2, -0.15) is 0 Å². The van der Waals surface area contributed by atoms with Crippen molar-refractivity contribution in [1.29, 1.82) is 0 Å². The predicted molar refractivity (Wildman–Crippen MR) is 67.2 cm³/mol. The van der Waals surface area contributed by atoms with Gasteiger partial charge in [0.15, 0.2) is 0 Å². The van der Waals surface area contributed by atoms with Crippen LogP contribution in [0, 0.1) is 5.92 Å². The topological polar surface area (TPSA) is 66.4 Å². The normalized spacial score (nSPS) is 13.9. The van der Waals surface area contributed by atoms with Gasteiger partial charge in [0.25, 0.3) is 0 Å². The first-order valence-corrected chi connectivity index (χ1v) is 7.88. The number of aliphatic hydroxyl groups is 1. The van der Waals surface area contributed by atoms with Gasteiger partial charge in [0.1, 0.15) is 0 Å². The Kier molecular flexibility index (Phi) is 9.31. The first-order valence-electron chi connectivity index (χ1n) is 5.70. The molecule has 0 aromatic rings. The molecular weight excluding hydrogens is 250 g/mol. The van der Waals surface area contributed by atoms with E-state index in [9.17, 15) is 8.42 Å². The van der Waals surface area contributed by atoms with E-state index in [1.165, 1.54) is 0 Å². The molecule has 1 atom stereocenters. The Labute approximate surface area is 103 Å². The van der Waals surface area contributed by atoms with E-state index in [0.717, 1.165) is 12.8 Å². The largest absolute Gasteiger partial charge is 0.396 e. The van der Waals surface area contributed by atoms with Crippen LogP contribution in [0.3, 0.4) is 0 Å². The standard InChI is InChI=1S/C10H22ClNO3S/c1-2-10(5-7-13)9-12-16(14,15)8-4-3-6-11/h10,12-13H,2-9H2,1H3. The molecule has 0 aliphatic carbocycles. The lowest BCUT2D eigenvalue weighted by Crippen LogP contribution is -2.31. The van der Waals surface area contributed by atoms with Gasteiger partial charge in [-0.15, -0.1) is 11.6 Å². The number of unbranched alkanes of at least 4 members (excludes halogenated alkanes) is 1. The first kappa shape index (κ1) is 16.2. The van der Waals surface area contributed by atoms with Gasteiger partial charge in [-0.3, -0.25) is 0 Å². The number of halogens is 1. The highest BCUT2D eigenvalue weighted by Crippen LogP contribution is 2.06. The van der Waals surface area contributed by atoms with Crippen LogP contribution in [0.15, 0.2) is 0 Å². The number of nitrogens with one attached hydrogen (secondary N) is 1. The molecule has 0 spiro atoms. The van der Waals surface area contributed by atoms with Gasteiger partial charge in [-0.05, 0) is 25.2 Å². The minimum Gasteiger partial charge on any atom is -0.396 e. The van der Waals surface area contributed by atoms with E-state index < -0.39 is 10.0 Å². The van der Waals surface area contributed by atoms with Crippen molar-refractivity contribution in [2.45, 2.75) is 32.6 Å². The molecular formula is C10H22ClNO3S. The van der Waals surface area contributed by atoms with Crippen molar-refractivity contribution in [1.82, 2.24) is 4.72 Å². The molecule has 0 aliphatic rings. The molecule has 0 bridgehead atoms. The quantitative estimate of drug-likeness (QED) is 0.465. The molecule has 98 valence electrons. The van der Waals surface area contributed by atoms with Gasteiger partial charge >= 0.3 is 0 Å². The van der Waals surface area contributed by atoms with Crippen LogP contribution >= 0.6 is 11.6 Å². The zero-order valence-corrected chi connectivity index (χ0v) is 11.4. The van der Waals surface area contributed by atoms with Crippen molar-refractivity contribution in [3.8, 4) is 0 Å². The van der Waals surface area contributed by atoms with Crippen molar-refractivity contribution in [2.75, 3.05) is 24.8 Å². The molecule has 0 fully saturated rings. The number of sulfonamides is 1. The monoisotopic (exact) mass is 271 g/mol. The molecule has 0 saturated heterocycles. The average Bonchev–Trinajstić information content (AvgIpc) is 2.24. The Morgan fingerprint density at radius 2 is 2.06 bits per heavy atom. The number of alkyl halides is 1. The van der Waals surface area contributed by atoms with Gasteiger partial charge in [0, 0.05) is 19.0 Å². The molecule has 0 saturated carbocycles. The van der Waals surface area contributed by atoms with Gasteiger partial charge in [-0.1, -0.05) is 13.3 Å². The van der Waals surface area contributed by atoms with Crippen LogP contribution in [-0.2, 0) is 10.0 Å². The fourth-order valence-electron chi connectivity index (χ4n) is 1.34. The Hall–Kier alpha value is 0.160. The van der Waals surface area contributed by atoms with Crippen LogP contribution in [-0.4, -0.2) is 38.3 Å². The summed E-state index contributed by atoms with van der Waals surface area (Å²) in [4.78, 5) is 0. The van der Waals surface area contributed by atoms with Crippen LogP contribution in [0.2, 0.25) is 0 Å². The Morgan fingerprint density at radius 3 is 2.56 bits per heavy atom. The Bertz CT molecular complexity index is 257. The van der Waals surface area contributed by atoms with Crippen LogP contribution < -0.4 is 4.72 Å². The molecule has 0 aromatic carbocycles. The third-order valence-corrected chi connectivity index (χ3v) is 4.20. The van der Waals surface area contributed by atoms with Gasteiger partial charge in [-0.25, -0.2) is 13.1 Å². The summed E-state index contributed by atoms with van der Waals surface area (Å²) in [6, 6.07) is 0. The zero-order chi connectivity index (χ0) is 12.4. The van der Waals surface area contributed by atoms with Crippen molar-refractivity contribution in [3.63, 3.8) is 0 Å². The minimum atomic E-state index is -3.17. The minimum absolute atomic E-state index is 0.104. The highest BCUT2D eigenvalue weighted by Gasteiger charge is 2.12. The van der Waals surface area contributed by atoms with Crippen molar-refractivity contribution in [2.24, 2.45) is 5.92 Å². The van der Waals surface area contributed by atoms with Crippen LogP contribution in [0.5, 0.6) is 0 Å². The summed E-state index contributed by atoms with van der Waals surface area (Å²) in [7, 11) is -3.17. The van der Waals surface area contributed by atoms with E-state index >= 15 is 0 Å². The molecule has 1 unspecified atom stereocenters. The third kappa shape index (κ3) is 8.33. The van der Waals surface area contributed by atoms with Crippen LogP contribution in [0.4, 0.5) is 0 Å². The summed E-state index contributed by atoms with van der Waals surface area (Å²) in [5.41, 5.74) is 0. The molecule has 0 heterocycles. The molecule has 6 heteroatoms. The second-order valence-corrected chi connectivity index (χ2v) is 6.15. The fourth-order valence-corrected chi connectivity index (χ4v) is 2.74. The second-order valence-electron chi connectivity index (χ2n) is 3.85. The first-order chi connectivity index (χ1) is 7.55. The van der Waals surface area contributed by atoms with E-state index in [2.05, 4.69) is 4.72 Å². The zero-order valence-electron chi connectivity index (χ0n) is 9.78. The van der Waals surface area contributed by atoms with Gasteiger partial charge in [0.05, 0.1) is 5.75 Å². The molecule has 0 aromatic heterocycles. The summed E-state index contributed by atoms with van der Waals surface area (Å²) in [5.74, 6) is 0.847. The SMILES string of the molecule is CCC(CCO)CNS(=O)(=O)CCCCCl. The predicted octanol–water partition coefficient (Wildman–Crippen LogP) is 1.33. The Morgan fingerprint density at radius 1 is 1.38 bits per heavy atom. The maximum Gasteiger partial charge on any atom is 0.211 e. The fraction of sp³-hybridized carbons (Fsp3) is 1.00. The van der Waals surface area contributed by atoms with Gasteiger partial charge in [0.2, 0.25) is 10.0 Å². The average molecular weight is 272 g/mol. The summed E-state index contributed by atoms with van der Waals surface area (Å²) >= 11 is 5.48. The highest BCUT2D eigenvalue weighted by atomic mass is 35.5. The third-order valence-electron chi connectivity index (χ3n) is 2.50. The molecule has 16 heavy (non-hydrogen) atoms. The lowest BCUT2D eigenvalue weighted by atomic mass is 10.0. The molecule has 2 N–H and O–H groups in total. The van der Waals surface area contributed by atoms with Gasteiger partial charge < -0.3 is 5.11 Å². The van der Waals surface area contributed by atoms with E-state index in [1.807, 2.05) is 6.92 Å². The maximum absolute atomic E-state index is 11.5. The highest BCUT2D eigenvalue weighted by molar-refractivity contribution is 7.89. The van der Waals surface area contributed by atoms with Crippen LogP contribution in [0.1, 0.15) is 32.6 Å². The van der Waals surface area contributed by atoms with Crippen molar-refractivity contribution in [3.05, 3.63) is 0 Å². The molecule has 0 amide bonds. The maximum atomic E-state index is 11.5. The molecule has 4 nitrogen and oxygen atoms in total. The molecule has 0 aliphatic heterocycles. The lowest BCUT2D eigenvalue weighted by molar-refractivity contribution is 0.254. The number of hydrogen-bond donors (Lipinski definition) is 2. The number of hydrogen-bond acceptors (Lipinski definition) is 3. The van der Waals surface area contributed by atoms with E-state index in [-0.39, 0.29) is 18.3 Å². The van der Waals surface area contributed by atoms with Crippen molar-refractivity contribution < 1.29 is 13.5 Å². The van der Waals surface area contributed by atoms with E-state index in [0.29, 0.717) is 25.3 Å². The van der Waals surface area contributed by atoms with E-state index in [4.69, 9.17) is 16.7 Å². The second kappa shape index (κ2) is 9.22. The van der Waals surface area contributed by atoms with Crippen LogP contribution in [0.25, 0.3) is 0 Å².